The molecule has 2 heterocycles. The number of hydrogen-bond acceptors (Lipinski definition) is 3. The third-order valence-electron chi connectivity index (χ3n) is 3.29. The molecule has 108 valence electrons. The van der Waals surface area contributed by atoms with E-state index in [0.717, 1.165) is 36.2 Å². The fraction of sp³-hybridized carbons (Fsp3) is 0.467. The number of amides is 1. The van der Waals surface area contributed by atoms with Gasteiger partial charge in [0.2, 0.25) is 0 Å². The Kier molecular flexibility index (Phi) is 4.74. The number of nitrogens with zero attached hydrogens (tertiary/aromatic N) is 2. The molecule has 0 spiro atoms. The van der Waals surface area contributed by atoms with Crippen LogP contribution in [-0.4, -0.2) is 33.6 Å². The number of carbonyl (C=O) groups is 1. The highest BCUT2D eigenvalue weighted by atomic mass is 16.2. The van der Waals surface area contributed by atoms with Crippen LogP contribution in [0.3, 0.4) is 0 Å². The SMILES string of the molecule is Cc1ccn2c(C(=O)NCCCCCO)c(C)nc2c1. The highest BCUT2D eigenvalue weighted by Crippen LogP contribution is 2.13. The van der Waals surface area contributed by atoms with Crippen LogP contribution in [0.4, 0.5) is 0 Å². The van der Waals surface area contributed by atoms with Crippen molar-refractivity contribution in [1.29, 1.82) is 0 Å². The standard InChI is InChI=1S/C15H21N3O2/c1-11-6-8-18-13(10-11)17-12(2)14(18)15(20)16-7-4-3-5-9-19/h6,8,10,19H,3-5,7,9H2,1-2H3,(H,16,20). The Labute approximate surface area is 118 Å². The summed E-state index contributed by atoms with van der Waals surface area (Å²) in [6, 6.07) is 3.93. The third-order valence-corrected chi connectivity index (χ3v) is 3.29. The van der Waals surface area contributed by atoms with Crippen molar-refractivity contribution in [3.05, 3.63) is 35.3 Å². The molecule has 0 atom stereocenters. The lowest BCUT2D eigenvalue weighted by Gasteiger charge is -2.06. The number of hydrogen-bond donors (Lipinski definition) is 2. The molecule has 0 aromatic carbocycles. The Morgan fingerprint density at radius 3 is 2.90 bits per heavy atom. The number of aliphatic hydroxyl groups is 1. The van der Waals surface area contributed by atoms with Gasteiger partial charge in [0.15, 0.2) is 0 Å². The molecule has 2 N–H and O–H groups in total. The second kappa shape index (κ2) is 6.52. The van der Waals surface area contributed by atoms with Crippen LogP contribution in [0.5, 0.6) is 0 Å². The summed E-state index contributed by atoms with van der Waals surface area (Å²) in [7, 11) is 0. The average molecular weight is 275 g/mol. The number of fused-ring (bicyclic) bond motifs is 1. The minimum atomic E-state index is -0.0946. The van der Waals surface area contributed by atoms with E-state index < -0.39 is 0 Å². The Hall–Kier alpha value is -1.88. The van der Waals surface area contributed by atoms with Crippen LogP contribution in [-0.2, 0) is 0 Å². The van der Waals surface area contributed by atoms with E-state index in [2.05, 4.69) is 10.3 Å². The first-order chi connectivity index (χ1) is 9.63. The third kappa shape index (κ3) is 3.17. The Morgan fingerprint density at radius 1 is 1.35 bits per heavy atom. The molecule has 0 aliphatic rings. The number of imidazole rings is 1. The quantitative estimate of drug-likeness (QED) is 0.791. The van der Waals surface area contributed by atoms with Crippen LogP contribution in [0.1, 0.15) is 41.0 Å². The number of rotatable bonds is 6. The molecule has 0 fully saturated rings. The highest BCUT2D eigenvalue weighted by Gasteiger charge is 2.15. The smallest absolute Gasteiger partial charge is 0.270 e. The van der Waals surface area contributed by atoms with Crippen molar-refractivity contribution in [2.75, 3.05) is 13.2 Å². The number of unbranched alkanes of at least 4 members (excludes halogenated alkanes) is 2. The molecular formula is C15H21N3O2. The van der Waals surface area contributed by atoms with E-state index in [4.69, 9.17) is 5.11 Å². The molecule has 0 saturated carbocycles. The zero-order valence-corrected chi connectivity index (χ0v) is 12.0. The van der Waals surface area contributed by atoms with Crippen molar-refractivity contribution in [3.8, 4) is 0 Å². The van der Waals surface area contributed by atoms with E-state index in [-0.39, 0.29) is 12.5 Å². The minimum Gasteiger partial charge on any atom is -0.396 e. The number of pyridine rings is 1. The second-order valence-corrected chi connectivity index (χ2v) is 5.02. The van der Waals surface area contributed by atoms with E-state index in [1.165, 1.54) is 0 Å². The molecule has 0 aliphatic carbocycles. The molecule has 2 rings (SSSR count). The second-order valence-electron chi connectivity index (χ2n) is 5.02. The zero-order chi connectivity index (χ0) is 14.5. The Morgan fingerprint density at radius 2 is 2.15 bits per heavy atom. The summed E-state index contributed by atoms with van der Waals surface area (Å²) in [5, 5.41) is 11.6. The predicted molar refractivity (Wildman–Crippen MR) is 77.9 cm³/mol. The van der Waals surface area contributed by atoms with Gasteiger partial charge in [0, 0.05) is 19.3 Å². The van der Waals surface area contributed by atoms with E-state index in [0.29, 0.717) is 12.2 Å². The maximum Gasteiger partial charge on any atom is 0.270 e. The Bertz CT molecular complexity index is 604. The maximum atomic E-state index is 12.2. The van der Waals surface area contributed by atoms with Crippen molar-refractivity contribution in [1.82, 2.24) is 14.7 Å². The van der Waals surface area contributed by atoms with Crippen LogP contribution in [0.25, 0.3) is 5.65 Å². The van der Waals surface area contributed by atoms with Gasteiger partial charge in [-0.25, -0.2) is 4.98 Å². The first-order valence-electron chi connectivity index (χ1n) is 6.98. The number of carbonyl (C=O) groups excluding carboxylic acids is 1. The summed E-state index contributed by atoms with van der Waals surface area (Å²) in [4.78, 5) is 16.7. The van der Waals surface area contributed by atoms with Crippen LogP contribution in [0.15, 0.2) is 18.3 Å². The van der Waals surface area contributed by atoms with Gasteiger partial charge in [0.05, 0.1) is 5.69 Å². The van der Waals surface area contributed by atoms with Crippen LogP contribution < -0.4 is 5.32 Å². The van der Waals surface area contributed by atoms with E-state index >= 15 is 0 Å². The van der Waals surface area contributed by atoms with Gasteiger partial charge in [-0.2, -0.15) is 0 Å². The monoisotopic (exact) mass is 275 g/mol. The average Bonchev–Trinajstić information content (AvgIpc) is 2.73. The number of aryl methyl sites for hydroxylation is 2. The normalized spacial score (nSPS) is 10.9. The number of aliphatic hydroxyl groups excluding tert-OH is 1. The van der Waals surface area contributed by atoms with E-state index in [9.17, 15) is 4.79 Å². The van der Waals surface area contributed by atoms with Gasteiger partial charge < -0.3 is 10.4 Å². The van der Waals surface area contributed by atoms with Crippen molar-refractivity contribution in [3.63, 3.8) is 0 Å². The molecule has 5 heteroatoms. The largest absolute Gasteiger partial charge is 0.396 e. The first-order valence-corrected chi connectivity index (χ1v) is 6.98. The summed E-state index contributed by atoms with van der Waals surface area (Å²) < 4.78 is 1.82. The fourth-order valence-corrected chi connectivity index (χ4v) is 2.24. The van der Waals surface area contributed by atoms with E-state index in [1.807, 2.05) is 36.6 Å². The lowest BCUT2D eigenvalue weighted by molar-refractivity contribution is 0.0946. The van der Waals surface area contributed by atoms with Crippen molar-refractivity contribution in [2.45, 2.75) is 33.1 Å². The minimum absolute atomic E-state index is 0.0946. The van der Waals surface area contributed by atoms with Gasteiger partial charge in [-0.05, 0) is 50.8 Å². The molecule has 2 aromatic heterocycles. The van der Waals surface area contributed by atoms with Gasteiger partial charge in [-0.3, -0.25) is 9.20 Å². The lowest BCUT2D eigenvalue weighted by Crippen LogP contribution is -2.26. The van der Waals surface area contributed by atoms with Crippen LogP contribution in [0.2, 0.25) is 0 Å². The highest BCUT2D eigenvalue weighted by molar-refractivity contribution is 5.94. The summed E-state index contributed by atoms with van der Waals surface area (Å²) >= 11 is 0. The summed E-state index contributed by atoms with van der Waals surface area (Å²) in [6.07, 6.45) is 4.46. The van der Waals surface area contributed by atoms with Crippen molar-refractivity contribution >= 4 is 11.6 Å². The molecular weight excluding hydrogens is 254 g/mol. The topological polar surface area (TPSA) is 66.6 Å². The summed E-state index contributed by atoms with van der Waals surface area (Å²) in [6.45, 7) is 4.69. The molecule has 5 nitrogen and oxygen atoms in total. The summed E-state index contributed by atoms with van der Waals surface area (Å²) in [5.74, 6) is -0.0946. The lowest BCUT2D eigenvalue weighted by atomic mass is 10.2. The molecule has 20 heavy (non-hydrogen) atoms. The van der Waals surface area contributed by atoms with Gasteiger partial charge >= 0.3 is 0 Å². The Balaban J connectivity index is 2.08. The predicted octanol–water partition coefficient (Wildman–Crippen LogP) is 1.84. The van der Waals surface area contributed by atoms with Crippen molar-refractivity contribution < 1.29 is 9.90 Å². The summed E-state index contributed by atoms with van der Waals surface area (Å²) in [5.41, 5.74) is 3.26. The van der Waals surface area contributed by atoms with Crippen LogP contribution >= 0.6 is 0 Å². The fourth-order valence-electron chi connectivity index (χ4n) is 2.24. The molecule has 0 saturated heterocycles. The van der Waals surface area contributed by atoms with Gasteiger partial charge in [0.1, 0.15) is 11.3 Å². The maximum absolute atomic E-state index is 12.2. The first kappa shape index (κ1) is 14.5. The van der Waals surface area contributed by atoms with E-state index in [1.54, 1.807) is 0 Å². The molecule has 0 unspecified atom stereocenters. The van der Waals surface area contributed by atoms with Crippen molar-refractivity contribution in [2.24, 2.45) is 0 Å². The molecule has 0 radical (unpaired) electrons. The molecule has 2 aromatic rings. The van der Waals surface area contributed by atoms with Gasteiger partial charge in [-0.15, -0.1) is 0 Å². The number of nitrogens with one attached hydrogen (secondary N) is 1. The van der Waals surface area contributed by atoms with Gasteiger partial charge in [0.25, 0.3) is 5.91 Å². The molecule has 1 amide bonds. The van der Waals surface area contributed by atoms with Gasteiger partial charge in [-0.1, -0.05) is 0 Å². The molecule has 0 bridgehead atoms. The van der Waals surface area contributed by atoms with Crippen LogP contribution in [0, 0.1) is 13.8 Å². The number of aromatic nitrogens is 2. The zero-order valence-electron chi connectivity index (χ0n) is 12.0. The molecule has 0 aliphatic heterocycles.